The molecule has 7 heteroatoms. The average Bonchev–Trinajstić information content (AvgIpc) is 2.97. The predicted octanol–water partition coefficient (Wildman–Crippen LogP) is 4.70. The van der Waals surface area contributed by atoms with Gasteiger partial charge in [0.1, 0.15) is 12.0 Å². The second-order valence-corrected chi connectivity index (χ2v) is 7.45. The molecule has 0 saturated heterocycles. The molecule has 0 saturated carbocycles. The maximum absolute atomic E-state index is 13.0. The van der Waals surface area contributed by atoms with Crippen molar-refractivity contribution < 1.29 is 13.2 Å². The molecular formula is C17H21F3N4. The van der Waals surface area contributed by atoms with Crippen LogP contribution in [0.3, 0.4) is 0 Å². The molecule has 2 aromatic heterocycles. The van der Waals surface area contributed by atoms with Crippen molar-refractivity contribution in [2.75, 3.05) is 0 Å². The topological polar surface area (TPSA) is 54.5 Å². The van der Waals surface area contributed by atoms with Crippen LogP contribution in [0.1, 0.15) is 63.9 Å². The molecule has 0 aliphatic heterocycles. The van der Waals surface area contributed by atoms with Crippen molar-refractivity contribution in [3.63, 3.8) is 0 Å². The first-order valence-corrected chi connectivity index (χ1v) is 8.00. The van der Waals surface area contributed by atoms with Gasteiger partial charge in [-0.05, 0) is 23.8 Å². The Bertz CT molecular complexity index is 774. The van der Waals surface area contributed by atoms with E-state index in [0.29, 0.717) is 5.69 Å². The van der Waals surface area contributed by atoms with Crippen molar-refractivity contribution in [2.24, 2.45) is 5.41 Å². The molecule has 24 heavy (non-hydrogen) atoms. The van der Waals surface area contributed by atoms with E-state index >= 15 is 0 Å². The molecule has 3 rings (SSSR count). The van der Waals surface area contributed by atoms with Crippen molar-refractivity contribution in [3.8, 4) is 11.4 Å². The molecule has 1 unspecified atom stereocenters. The van der Waals surface area contributed by atoms with E-state index in [4.69, 9.17) is 0 Å². The van der Waals surface area contributed by atoms with Gasteiger partial charge in [0.25, 0.3) is 0 Å². The maximum Gasteiger partial charge on any atom is 0.433 e. The Morgan fingerprint density at radius 2 is 1.83 bits per heavy atom. The number of nitrogens with one attached hydrogen (secondary N) is 1. The van der Waals surface area contributed by atoms with E-state index in [0.717, 1.165) is 30.1 Å². The molecule has 0 bridgehead atoms. The fraction of sp³-hybridized carbons (Fsp3) is 0.588. The van der Waals surface area contributed by atoms with Gasteiger partial charge in [0, 0.05) is 11.0 Å². The van der Waals surface area contributed by atoms with E-state index in [9.17, 15) is 13.2 Å². The lowest BCUT2D eigenvalue weighted by Gasteiger charge is -2.39. The molecule has 0 spiro atoms. The summed E-state index contributed by atoms with van der Waals surface area (Å²) in [4.78, 5) is 7.39. The molecule has 1 N–H and O–H groups in total. The highest BCUT2D eigenvalue weighted by atomic mass is 19.4. The Kier molecular flexibility index (Phi) is 3.55. The summed E-state index contributed by atoms with van der Waals surface area (Å²) in [6.45, 7) is 10.7. The van der Waals surface area contributed by atoms with Crippen LogP contribution in [0, 0.1) is 5.41 Å². The molecule has 1 aliphatic carbocycles. The summed E-state index contributed by atoms with van der Waals surface area (Å²) in [5.41, 5.74) is 1.53. The van der Waals surface area contributed by atoms with Gasteiger partial charge in [0.05, 0.1) is 17.1 Å². The molecule has 130 valence electrons. The first kappa shape index (κ1) is 16.9. The first-order valence-electron chi connectivity index (χ1n) is 8.00. The van der Waals surface area contributed by atoms with E-state index in [1.165, 1.54) is 0 Å². The lowest BCUT2D eigenvalue weighted by Crippen LogP contribution is -2.35. The van der Waals surface area contributed by atoms with Crippen LogP contribution in [-0.2, 0) is 11.6 Å². The van der Waals surface area contributed by atoms with Crippen LogP contribution in [-0.4, -0.2) is 20.2 Å². The van der Waals surface area contributed by atoms with Crippen molar-refractivity contribution in [1.82, 2.24) is 20.2 Å². The van der Waals surface area contributed by atoms with E-state index < -0.39 is 11.9 Å². The first-order chi connectivity index (χ1) is 11.0. The number of aromatic amines is 1. The number of hydrogen-bond acceptors (Lipinski definition) is 3. The third kappa shape index (κ3) is 2.17. The molecular weight excluding hydrogens is 317 g/mol. The zero-order chi connectivity index (χ0) is 17.9. The molecule has 4 nitrogen and oxygen atoms in total. The number of aromatic nitrogens is 4. The van der Waals surface area contributed by atoms with Crippen LogP contribution in [0.4, 0.5) is 13.2 Å². The Balaban J connectivity index is 2.19. The lowest BCUT2D eigenvalue weighted by atomic mass is 9.65. The van der Waals surface area contributed by atoms with Gasteiger partial charge in [0.15, 0.2) is 0 Å². The average molecular weight is 338 g/mol. The fourth-order valence-electron chi connectivity index (χ4n) is 3.83. The second kappa shape index (κ2) is 5.04. The largest absolute Gasteiger partial charge is 0.433 e. The summed E-state index contributed by atoms with van der Waals surface area (Å²) in [7, 11) is 0. The summed E-state index contributed by atoms with van der Waals surface area (Å²) in [5, 5.41) is 7.37. The summed E-state index contributed by atoms with van der Waals surface area (Å²) >= 11 is 0. The van der Waals surface area contributed by atoms with Crippen molar-refractivity contribution in [3.05, 3.63) is 29.3 Å². The van der Waals surface area contributed by atoms with Gasteiger partial charge < -0.3 is 0 Å². The number of rotatable bonds is 2. The van der Waals surface area contributed by atoms with Crippen LogP contribution in [0.5, 0.6) is 0 Å². The molecule has 0 radical (unpaired) electrons. The van der Waals surface area contributed by atoms with Crippen LogP contribution in [0.2, 0.25) is 0 Å². The second-order valence-electron chi connectivity index (χ2n) is 7.45. The highest BCUT2D eigenvalue weighted by Gasteiger charge is 2.54. The lowest BCUT2D eigenvalue weighted by molar-refractivity contribution is -0.141. The van der Waals surface area contributed by atoms with Gasteiger partial charge in [0.2, 0.25) is 0 Å². The minimum Gasteiger partial charge on any atom is -0.276 e. The Morgan fingerprint density at radius 3 is 2.42 bits per heavy atom. The molecule has 0 aromatic carbocycles. The van der Waals surface area contributed by atoms with Crippen LogP contribution in [0.25, 0.3) is 11.4 Å². The molecule has 1 aliphatic rings. The molecule has 0 amide bonds. The van der Waals surface area contributed by atoms with Gasteiger partial charge in [-0.15, -0.1) is 0 Å². The quantitative estimate of drug-likeness (QED) is 0.864. The minimum atomic E-state index is -4.50. The number of alkyl halides is 3. The minimum absolute atomic E-state index is 0.0524. The van der Waals surface area contributed by atoms with Crippen LogP contribution in [0.15, 0.2) is 12.4 Å². The zero-order valence-electron chi connectivity index (χ0n) is 14.4. The van der Waals surface area contributed by atoms with Crippen molar-refractivity contribution in [1.29, 1.82) is 0 Å². The van der Waals surface area contributed by atoms with Crippen molar-refractivity contribution >= 4 is 0 Å². The van der Waals surface area contributed by atoms with Crippen molar-refractivity contribution in [2.45, 2.75) is 58.5 Å². The van der Waals surface area contributed by atoms with Gasteiger partial charge in [-0.3, -0.25) is 5.10 Å². The van der Waals surface area contributed by atoms with Crippen LogP contribution < -0.4 is 0 Å². The highest BCUT2D eigenvalue weighted by Crippen LogP contribution is 2.60. The molecule has 2 heterocycles. The third-order valence-corrected chi connectivity index (χ3v) is 5.85. The summed E-state index contributed by atoms with van der Waals surface area (Å²) in [6.07, 6.45) is -2.66. The normalized spacial score (nSPS) is 21.8. The van der Waals surface area contributed by atoms with E-state index in [2.05, 4.69) is 54.8 Å². The Morgan fingerprint density at radius 1 is 1.17 bits per heavy atom. The van der Waals surface area contributed by atoms with Gasteiger partial charge in [-0.25, -0.2) is 9.97 Å². The van der Waals surface area contributed by atoms with Gasteiger partial charge >= 0.3 is 6.18 Å². The third-order valence-electron chi connectivity index (χ3n) is 5.85. The molecule has 1 atom stereocenters. The van der Waals surface area contributed by atoms with Crippen LogP contribution >= 0.6 is 0 Å². The molecule has 2 aromatic rings. The number of fused-ring (bicyclic) bond motifs is 1. The zero-order valence-corrected chi connectivity index (χ0v) is 14.4. The maximum atomic E-state index is 13.0. The fourth-order valence-corrected chi connectivity index (χ4v) is 3.83. The summed E-state index contributed by atoms with van der Waals surface area (Å²) in [5.74, 6) is 0.195. The van der Waals surface area contributed by atoms with Gasteiger partial charge in [-0.1, -0.05) is 34.6 Å². The van der Waals surface area contributed by atoms with E-state index in [1.807, 2.05) is 0 Å². The van der Waals surface area contributed by atoms with E-state index in [1.54, 1.807) is 0 Å². The summed E-state index contributed by atoms with van der Waals surface area (Å²) < 4.78 is 38.9. The number of halogens is 3. The smallest absolute Gasteiger partial charge is 0.276 e. The Labute approximate surface area is 138 Å². The number of hydrogen-bond donors (Lipinski definition) is 1. The molecule has 0 fully saturated rings. The number of H-pyrrole nitrogens is 1. The van der Waals surface area contributed by atoms with Gasteiger partial charge in [-0.2, -0.15) is 18.3 Å². The number of nitrogens with zero attached hydrogens (tertiary/aromatic N) is 3. The Hall–Kier alpha value is -1.92. The van der Waals surface area contributed by atoms with E-state index in [-0.39, 0.29) is 22.4 Å². The predicted molar refractivity (Wildman–Crippen MR) is 84.5 cm³/mol. The standard InChI is InChI=1S/C17H21F3N4/c1-6-9-12-13(10-7-11(17(18,19)20)22-8-21-10)23-24-14(12)16(4,5)15(9,2)3/h7-9H,6H2,1-5H3,(H,23,24). The highest BCUT2D eigenvalue weighted by molar-refractivity contribution is 5.64. The summed E-state index contributed by atoms with van der Waals surface area (Å²) in [6, 6.07) is 0.985. The monoisotopic (exact) mass is 338 g/mol. The SMILES string of the molecule is CCC1c2c(n[nH]c2-c2cc(C(F)(F)F)ncn2)C(C)(C)C1(C)C.